The van der Waals surface area contributed by atoms with Gasteiger partial charge in [-0.25, -0.2) is 0 Å². The number of guanidine groups is 1. The van der Waals surface area contributed by atoms with Gasteiger partial charge in [0.2, 0.25) is 0 Å². The first-order valence-corrected chi connectivity index (χ1v) is 7.79. The zero-order valence-corrected chi connectivity index (χ0v) is 13.4. The topological polar surface area (TPSA) is 60.2 Å². The quantitative estimate of drug-likeness (QED) is 0.490. The van der Waals surface area contributed by atoms with Gasteiger partial charge in [-0.1, -0.05) is 42.5 Å². The zero-order chi connectivity index (χ0) is 16.3. The molecule has 2 N–H and O–H groups in total. The molecule has 0 aliphatic heterocycles. The third kappa shape index (κ3) is 5.84. The van der Waals surface area contributed by atoms with Crippen LogP contribution in [0.1, 0.15) is 23.1 Å². The maximum atomic E-state index is 8.92. The molecule has 0 amide bonds. The molecule has 0 bridgehead atoms. The van der Waals surface area contributed by atoms with Crippen LogP contribution in [0.4, 0.5) is 0 Å². The van der Waals surface area contributed by atoms with E-state index in [4.69, 9.17) is 5.26 Å². The molecule has 23 heavy (non-hydrogen) atoms. The average Bonchev–Trinajstić information content (AvgIpc) is 2.62. The number of hydrogen-bond acceptors (Lipinski definition) is 2. The number of nitriles is 1. The van der Waals surface area contributed by atoms with E-state index in [1.165, 1.54) is 5.56 Å². The van der Waals surface area contributed by atoms with Crippen molar-refractivity contribution in [2.24, 2.45) is 4.99 Å². The second-order valence-corrected chi connectivity index (χ2v) is 5.25. The highest BCUT2D eigenvalue weighted by molar-refractivity contribution is 5.79. The molecule has 0 heterocycles. The first-order chi connectivity index (χ1) is 11.3. The van der Waals surface area contributed by atoms with Gasteiger partial charge in [0.15, 0.2) is 5.96 Å². The van der Waals surface area contributed by atoms with Crippen molar-refractivity contribution in [1.29, 1.82) is 5.26 Å². The Morgan fingerprint density at radius 3 is 2.57 bits per heavy atom. The van der Waals surface area contributed by atoms with Crippen LogP contribution >= 0.6 is 0 Å². The van der Waals surface area contributed by atoms with Crippen molar-refractivity contribution in [2.75, 3.05) is 13.6 Å². The predicted molar refractivity (Wildman–Crippen MR) is 94.1 cm³/mol. The minimum absolute atomic E-state index is 0.647. The number of hydrogen-bond donors (Lipinski definition) is 2. The summed E-state index contributed by atoms with van der Waals surface area (Å²) >= 11 is 0. The van der Waals surface area contributed by atoms with E-state index >= 15 is 0 Å². The van der Waals surface area contributed by atoms with E-state index in [0.29, 0.717) is 12.1 Å². The van der Waals surface area contributed by atoms with Crippen LogP contribution in [0.2, 0.25) is 0 Å². The van der Waals surface area contributed by atoms with E-state index in [0.717, 1.165) is 30.9 Å². The van der Waals surface area contributed by atoms with E-state index in [-0.39, 0.29) is 0 Å². The van der Waals surface area contributed by atoms with Crippen LogP contribution in [-0.2, 0) is 13.0 Å². The third-order valence-electron chi connectivity index (χ3n) is 3.52. The second kappa shape index (κ2) is 9.26. The van der Waals surface area contributed by atoms with Gasteiger partial charge in [0, 0.05) is 20.1 Å². The van der Waals surface area contributed by atoms with Crippen LogP contribution in [0.15, 0.2) is 59.6 Å². The highest BCUT2D eigenvalue weighted by atomic mass is 15.2. The highest BCUT2D eigenvalue weighted by Gasteiger charge is 1.99. The lowest BCUT2D eigenvalue weighted by Gasteiger charge is -2.12. The molecule has 0 saturated heterocycles. The summed E-state index contributed by atoms with van der Waals surface area (Å²) in [6.45, 7) is 1.51. The van der Waals surface area contributed by atoms with Crippen LogP contribution < -0.4 is 10.6 Å². The molecule has 0 aliphatic rings. The van der Waals surface area contributed by atoms with Crippen molar-refractivity contribution in [3.63, 3.8) is 0 Å². The number of aliphatic imine (C=N–C) groups is 1. The number of benzene rings is 2. The molecule has 2 aromatic carbocycles. The molecule has 2 aromatic rings. The van der Waals surface area contributed by atoms with Crippen LogP contribution in [0.5, 0.6) is 0 Å². The van der Waals surface area contributed by atoms with Crippen molar-refractivity contribution in [1.82, 2.24) is 10.6 Å². The molecule has 4 nitrogen and oxygen atoms in total. The Hall–Kier alpha value is -2.80. The molecule has 0 radical (unpaired) electrons. The molecule has 4 heteroatoms. The SMILES string of the molecule is CN=C(NCCCc1ccccc1)NCc1cccc(C#N)c1. The molecular weight excluding hydrogens is 284 g/mol. The Bertz CT molecular complexity index is 671. The maximum Gasteiger partial charge on any atom is 0.191 e. The lowest BCUT2D eigenvalue weighted by molar-refractivity contribution is 0.742. The Morgan fingerprint density at radius 1 is 1.04 bits per heavy atom. The van der Waals surface area contributed by atoms with Gasteiger partial charge in [-0.05, 0) is 36.1 Å². The molecule has 118 valence electrons. The van der Waals surface area contributed by atoms with Crippen molar-refractivity contribution in [3.8, 4) is 6.07 Å². The third-order valence-corrected chi connectivity index (χ3v) is 3.52. The smallest absolute Gasteiger partial charge is 0.191 e. The summed E-state index contributed by atoms with van der Waals surface area (Å²) in [7, 11) is 1.76. The average molecular weight is 306 g/mol. The van der Waals surface area contributed by atoms with Gasteiger partial charge in [-0.3, -0.25) is 4.99 Å². The first-order valence-electron chi connectivity index (χ1n) is 7.79. The van der Waals surface area contributed by atoms with Gasteiger partial charge in [-0.2, -0.15) is 5.26 Å². The first kappa shape index (κ1) is 16.6. The van der Waals surface area contributed by atoms with Crippen LogP contribution in [-0.4, -0.2) is 19.6 Å². The van der Waals surface area contributed by atoms with Crippen molar-refractivity contribution in [3.05, 3.63) is 71.3 Å². The van der Waals surface area contributed by atoms with Gasteiger partial charge in [0.25, 0.3) is 0 Å². The predicted octanol–water partition coefficient (Wildman–Crippen LogP) is 2.86. The molecule has 0 aliphatic carbocycles. The summed E-state index contributed by atoms with van der Waals surface area (Å²) in [5, 5.41) is 15.5. The molecule has 0 aromatic heterocycles. The molecular formula is C19H22N4. The largest absolute Gasteiger partial charge is 0.356 e. The molecule has 0 spiro atoms. The fourth-order valence-electron chi connectivity index (χ4n) is 2.30. The minimum Gasteiger partial charge on any atom is -0.356 e. The number of nitrogens with one attached hydrogen (secondary N) is 2. The second-order valence-electron chi connectivity index (χ2n) is 5.25. The van der Waals surface area contributed by atoms with Crippen LogP contribution in [0, 0.1) is 11.3 Å². The number of aryl methyl sites for hydroxylation is 1. The molecule has 0 atom stereocenters. The van der Waals surface area contributed by atoms with E-state index in [9.17, 15) is 0 Å². The molecule has 0 fully saturated rings. The summed E-state index contributed by atoms with van der Waals surface area (Å²) in [6.07, 6.45) is 2.10. The Morgan fingerprint density at radius 2 is 1.83 bits per heavy atom. The highest BCUT2D eigenvalue weighted by Crippen LogP contribution is 2.04. The Labute approximate surface area is 137 Å². The van der Waals surface area contributed by atoms with E-state index in [1.807, 2.05) is 24.3 Å². The standard InChI is InChI=1S/C19H22N4/c1-21-19(22-12-6-11-16-7-3-2-4-8-16)23-15-18-10-5-9-17(13-18)14-20/h2-5,7-10,13H,6,11-12,15H2,1H3,(H2,21,22,23). The van der Waals surface area contributed by atoms with Gasteiger partial charge in [-0.15, -0.1) is 0 Å². The van der Waals surface area contributed by atoms with Gasteiger partial charge in [0.05, 0.1) is 11.6 Å². The lowest BCUT2D eigenvalue weighted by atomic mass is 10.1. The maximum absolute atomic E-state index is 8.92. The van der Waals surface area contributed by atoms with Crippen molar-refractivity contribution in [2.45, 2.75) is 19.4 Å². The molecule has 0 saturated carbocycles. The van der Waals surface area contributed by atoms with E-state index in [2.05, 4.69) is 46.0 Å². The van der Waals surface area contributed by atoms with Crippen molar-refractivity contribution < 1.29 is 0 Å². The van der Waals surface area contributed by atoms with Gasteiger partial charge < -0.3 is 10.6 Å². The normalized spacial score (nSPS) is 10.9. The molecule has 2 rings (SSSR count). The Kier molecular flexibility index (Phi) is 6.67. The summed E-state index contributed by atoms with van der Waals surface area (Å²) in [4.78, 5) is 4.22. The van der Waals surface area contributed by atoms with Crippen LogP contribution in [0.25, 0.3) is 0 Å². The molecule has 0 unspecified atom stereocenters. The lowest BCUT2D eigenvalue weighted by Crippen LogP contribution is -2.37. The monoisotopic (exact) mass is 306 g/mol. The van der Waals surface area contributed by atoms with Crippen molar-refractivity contribution >= 4 is 5.96 Å². The van der Waals surface area contributed by atoms with Crippen LogP contribution in [0.3, 0.4) is 0 Å². The Balaban J connectivity index is 1.72. The van der Waals surface area contributed by atoms with E-state index < -0.39 is 0 Å². The number of rotatable bonds is 6. The minimum atomic E-state index is 0.647. The summed E-state index contributed by atoms with van der Waals surface area (Å²) in [5.74, 6) is 0.778. The fraction of sp³-hybridized carbons (Fsp3) is 0.263. The summed E-state index contributed by atoms with van der Waals surface area (Å²) in [6, 6.07) is 20.2. The van der Waals surface area contributed by atoms with E-state index in [1.54, 1.807) is 13.1 Å². The summed E-state index contributed by atoms with van der Waals surface area (Å²) < 4.78 is 0. The fourth-order valence-corrected chi connectivity index (χ4v) is 2.30. The zero-order valence-electron chi connectivity index (χ0n) is 13.4. The van der Waals surface area contributed by atoms with Gasteiger partial charge in [0.1, 0.15) is 0 Å². The summed E-state index contributed by atoms with van der Waals surface area (Å²) in [5.41, 5.74) is 3.09. The van der Waals surface area contributed by atoms with Gasteiger partial charge >= 0.3 is 0 Å². The number of nitrogens with zero attached hydrogens (tertiary/aromatic N) is 2.